The second-order valence-electron chi connectivity index (χ2n) is 3.90. The molecule has 1 aliphatic heterocycles. The Bertz CT molecular complexity index is 707. The Morgan fingerprint density at radius 3 is 2.95 bits per heavy atom. The van der Waals surface area contributed by atoms with E-state index in [1.165, 1.54) is 0 Å². The quantitative estimate of drug-likeness (QED) is 0.483. The van der Waals surface area contributed by atoms with Gasteiger partial charge < -0.3 is 14.2 Å². The third-order valence-electron chi connectivity index (χ3n) is 2.62. The Morgan fingerprint density at radius 1 is 1.38 bits per heavy atom. The minimum Gasteiger partial charge on any atom is -0.454 e. The van der Waals surface area contributed by atoms with E-state index in [-0.39, 0.29) is 24.3 Å². The number of anilines is 1. The number of aromatic nitrogens is 2. The molecule has 0 saturated heterocycles. The fourth-order valence-electron chi connectivity index (χ4n) is 1.68. The summed E-state index contributed by atoms with van der Waals surface area (Å²) in [7, 11) is 0. The molecule has 2 heterocycles. The number of nitrogens with two attached hydrogens (primary N) is 1. The summed E-state index contributed by atoms with van der Waals surface area (Å²) in [4.78, 5) is 17.8. The first-order valence-electron chi connectivity index (χ1n) is 5.73. The van der Waals surface area contributed by atoms with Gasteiger partial charge in [-0.2, -0.15) is 4.98 Å². The summed E-state index contributed by atoms with van der Waals surface area (Å²) in [5.74, 6) is 6.31. The fraction of sp³-hybridized carbons (Fsp3) is 0.0909. The van der Waals surface area contributed by atoms with Crippen molar-refractivity contribution in [2.45, 2.75) is 0 Å². The molecule has 0 bridgehead atoms. The summed E-state index contributed by atoms with van der Waals surface area (Å²) < 4.78 is 15.8. The van der Waals surface area contributed by atoms with E-state index in [0.717, 1.165) is 6.20 Å². The molecule has 1 aromatic heterocycles. The van der Waals surface area contributed by atoms with Crippen molar-refractivity contribution in [1.29, 1.82) is 0 Å². The normalized spacial score (nSPS) is 12.0. The van der Waals surface area contributed by atoms with Crippen LogP contribution in [0.3, 0.4) is 0 Å². The molecule has 10 nitrogen and oxygen atoms in total. The molecule has 3 N–H and O–H groups in total. The van der Waals surface area contributed by atoms with Crippen LogP contribution >= 0.6 is 0 Å². The highest BCUT2D eigenvalue weighted by Crippen LogP contribution is 2.37. The highest BCUT2D eigenvalue weighted by atomic mass is 16.7. The monoisotopic (exact) mass is 291 g/mol. The minimum absolute atomic E-state index is 0.00339. The minimum atomic E-state index is -0.650. The Balaban J connectivity index is 1.95. The van der Waals surface area contributed by atoms with Gasteiger partial charge in [0, 0.05) is 6.07 Å². The highest BCUT2D eigenvalue weighted by molar-refractivity contribution is 5.50. The topological polar surface area (TPSA) is 135 Å². The third kappa shape index (κ3) is 2.47. The first kappa shape index (κ1) is 12.9. The molecule has 2 aromatic rings. The van der Waals surface area contributed by atoms with Crippen LogP contribution in [0, 0.1) is 10.1 Å². The fourth-order valence-corrected chi connectivity index (χ4v) is 1.68. The lowest BCUT2D eigenvalue weighted by molar-refractivity contribution is -0.386. The molecule has 21 heavy (non-hydrogen) atoms. The number of nitrogen functional groups attached to an aromatic ring is 1. The molecule has 1 aromatic carbocycles. The summed E-state index contributed by atoms with van der Waals surface area (Å²) in [5.41, 5.74) is 1.81. The first-order chi connectivity index (χ1) is 10.2. The van der Waals surface area contributed by atoms with Gasteiger partial charge in [-0.05, 0) is 12.1 Å². The van der Waals surface area contributed by atoms with Crippen LogP contribution in [0.15, 0.2) is 24.4 Å². The number of hydrogen-bond donors (Lipinski definition) is 2. The predicted octanol–water partition coefficient (Wildman–Crippen LogP) is 1.19. The second kappa shape index (κ2) is 5.09. The van der Waals surface area contributed by atoms with E-state index in [1.54, 1.807) is 18.2 Å². The molecule has 3 rings (SSSR count). The van der Waals surface area contributed by atoms with Gasteiger partial charge in [0.25, 0.3) is 0 Å². The second-order valence-corrected chi connectivity index (χ2v) is 3.90. The lowest BCUT2D eigenvalue weighted by atomic mass is 10.3. The number of fused-ring (bicyclic) bond motifs is 1. The smallest absolute Gasteiger partial charge is 0.349 e. The van der Waals surface area contributed by atoms with Gasteiger partial charge in [-0.3, -0.25) is 15.5 Å². The van der Waals surface area contributed by atoms with E-state index in [9.17, 15) is 10.1 Å². The van der Waals surface area contributed by atoms with Gasteiger partial charge in [0.1, 0.15) is 11.9 Å². The summed E-state index contributed by atoms with van der Waals surface area (Å²) in [6.07, 6.45) is 1.00. The molecular formula is C11H9N5O5. The summed E-state index contributed by atoms with van der Waals surface area (Å²) in [6.45, 7) is 0.119. The highest BCUT2D eigenvalue weighted by Gasteiger charge is 2.21. The Hall–Kier alpha value is -3.14. The molecule has 0 atom stereocenters. The van der Waals surface area contributed by atoms with E-state index >= 15 is 0 Å². The Morgan fingerprint density at radius 2 is 2.19 bits per heavy atom. The van der Waals surface area contributed by atoms with Gasteiger partial charge in [-0.25, -0.2) is 10.8 Å². The molecule has 0 saturated carbocycles. The van der Waals surface area contributed by atoms with Crippen molar-refractivity contribution in [3.05, 3.63) is 34.5 Å². The molecule has 0 spiro atoms. The largest absolute Gasteiger partial charge is 0.454 e. The average molecular weight is 291 g/mol. The number of hydrazine groups is 1. The van der Waals surface area contributed by atoms with Crippen molar-refractivity contribution in [3.63, 3.8) is 0 Å². The number of nitrogens with one attached hydrogen (secondary N) is 1. The molecule has 108 valence electrons. The van der Waals surface area contributed by atoms with Crippen LogP contribution in [0.4, 0.5) is 11.6 Å². The van der Waals surface area contributed by atoms with Crippen molar-refractivity contribution in [3.8, 4) is 23.1 Å². The number of benzene rings is 1. The molecule has 0 fully saturated rings. The van der Waals surface area contributed by atoms with Crippen LogP contribution in [0.1, 0.15) is 0 Å². The summed E-state index contributed by atoms with van der Waals surface area (Å²) in [6, 6.07) is 4.76. The van der Waals surface area contributed by atoms with Crippen molar-refractivity contribution >= 4 is 11.6 Å². The number of hydrogen-bond acceptors (Lipinski definition) is 9. The van der Waals surface area contributed by atoms with E-state index in [1.807, 2.05) is 0 Å². The van der Waals surface area contributed by atoms with Crippen LogP contribution < -0.4 is 25.5 Å². The van der Waals surface area contributed by atoms with E-state index in [4.69, 9.17) is 20.1 Å². The number of ether oxygens (including phenoxy) is 3. The van der Waals surface area contributed by atoms with Crippen molar-refractivity contribution in [2.75, 3.05) is 12.2 Å². The van der Waals surface area contributed by atoms with E-state index < -0.39 is 4.92 Å². The standard InChI is InChI=1S/C11H9N5O5/c12-15-11-13-4-7(16(17)18)10(14-11)21-6-1-2-8-9(3-6)20-5-19-8/h1-4H,5,12H2,(H,13,14,15). The van der Waals surface area contributed by atoms with Crippen molar-refractivity contribution in [2.24, 2.45) is 5.84 Å². The van der Waals surface area contributed by atoms with Gasteiger partial charge in [0.15, 0.2) is 11.5 Å². The van der Waals surface area contributed by atoms with Crippen LogP contribution in [0.25, 0.3) is 0 Å². The molecule has 0 unspecified atom stereocenters. The maximum atomic E-state index is 10.9. The van der Waals surface area contributed by atoms with Crippen LogP contribution in [-0.2, 0) is 0 Å². The van der Waals surface area contributed by atoms with Gasteiger partial charge in [-0.15, -0.1) is 0 Å². The summed E-state index contributed by atoms with van der Waals surface area (Å²) in [5, 5.41) is 10.9. The SMILES string of the molecule is NNc1ncc([N+](=O)[O-])c(Oc2ccc3c(c2)OCO3)n1. The molecule has 1 aliphatic rings. The lowest BCUT2D eigenvalue weighted by Gasteiger charge is -2.07. The van der Waals surface area contributed by atoms with E-state index in [2.05, 4.69) is 15.4 Å². The molecule has 0 amide bonds. The molecule has 0 radical (unpaired) electrons. The van der Waals surface area contributed by atoms with Gasteiger partial charge in [-0.1, -0.05) is 0 Å². The van der Waals surface area contributed by atoms with Crippen LogP contribution in [-0.4, -0.2) is 21.7 Å². The average Bonchev–Trinajstić information content (AvgIpc) is 2.94. The zero-order valence-corrected chi connectivity index (χ0v) is 10.5. The van der Waals surface area contributed by atoms with Gasteiger partial charge >= 0.3 is 11.6 Å². The third-order valence-corrected chi connectivity index (χ3v) is 2.62. The van der Waals surface area contributed by atoms with Crippen molar-refractivity contribution < 1.29 is 19.1 Å². The predicted molar refractivity (Wildman–Crippen MR) is 69.1 cm³/mol. The van der Waals surface area contributed by atoms with Crippen LogP contribution in [0.5, 0.6) is 23.1 Å². The first-order valence-corrected chi connectivity index (χ1v) is 5.73. The summed E-state index contributed by atoms with van der Waals surface area (Å²) >= 11 is 0. The zero-order chi connectivity index (χ0) is 14.8. The Labute approximate surface area is 117 Å². The Kier molecular flexibility index (Phi) is 3.12. The van der Waals surface area contributed by atoms with Crippen LogP contribution in [0.2, 0.25) is 0 Å². The van der Waals surface area contributed by atoms with Gasteiger partial charge in [0.2, 0.25) is 12.7 Å². The molecule has 10 heteroatoms. The lowest BCUT2D eigenvalue weighted by Crippen LogP contribution is -2.11. The number of nitrogens with zero attached hydrogens (tertiary/aromatic N) is 3. The van der Waals surface area contributed by atoms with Gasteiger partial charge in [0.05, 0.1) is 4.92 Å². The number of rotatable bonds is 4. The molecular weight excluding hydrogens is 282 g/mol. The maximum Gasteiger partial charge on any atom is 0.349 e. The van der Waals surface area contributed by atoms with Crippen molar-refractivity contribution in [1.82, 2.24) is 9.97 Å². The number of nitro groups is 1. The zero-order valence-electron chi connectivity index (χ0n) is 10.5. The maximum absolute atomic E-state index is 10.9. The molecule has 0 aliphatic carbocycles. The van der Waals surface area contributed by atoms with E-state index in [0.29, 0.717) is 17.2 Å².